The first kappa shape index (κ1) is 16.7. The minimum Gasteiger partial charge on any atom is -0.389 e. The number of nitrogens with zero attached hydrogens (tertiary/aromatic N) is 1. The fourth-order valence-electron chi connectivity index (χ4n) is 4.74. The van der Waals surface area contributed by atoms with Crippen molar-refractivity contribution in [3.8, 4) is 0 Å². The Morgan fingerprint density at radius 3 is 2.14 bits per heavy atom. The van der Waals surface area contributed by atoms with E-state index in [1.807, 2.05) is 0 Å². The summed E-state index contributed by atoms with van der Waals surface area (Å²) in [6, 6.07) is 0. The van der Waals surface area contributed by atoms with Gasteiger partial charge in [0.05, 0.1) is 24.4 Å². The predicted octanol–water partition coefficient (Wildman–Crippen LogP) is 0.760. The van der Waals surface area contributed by atoms with Crippen LogP contribution < -0.4 is 0 Å². The highest BCUT2D eigenvalue weighted by Crippen LogP contribution is 2.50. The van der Waals surface area contributed by atoms with Crippen LogP contribution >= 0.6 is 0 Å². The molecule has 2 heterocycles. The fourth-order valence-corrected chi connectivity index (χ4v) is 4.74. The molecule has 3 N–H and O–H groups in total. The predicted molar refractivity (Wildman–Crippen MR) is 83.5 cm³/mol. The molecule has 5 heteroatoms. The number of hydrogen-bond donors (Lipinski definition) is 3. The van der Waals surface area contributed by atoms with Gasteiger partial charge in [0.2, 0.25) is 0 Å². The van der Waals surface area contributed by atoms with E-state index in [1.54, 1.807) is 0 Å². The molecule has 0 aromatic rings. The van der Waals surface area contributed by atoms with E-state index in [-0.39, 0.29) is 5.60 Å². The van der Waals surface area contributed by atoms with Crippen molar-refractivity contribution in [2.45, 2.75) is 69.9 Å². The molecule has 3 rings (SSSR count). The van der Waals surface area contributed by atoms with Gasteiger partial charge in [-0.3, -0.25) is 4.90 Å². The fraction of sp³-hybridized carbons (Fsp3) is 1.00. The first-order valence-electron chi connectivity index (χ1n) is 8.69. The largest absolute Gasteiger partial charge is 0.389 e. The Morgan fingerprint density at radius 1 is 1.05 bits per heavy atom. The molecule has 0 amide bonds. The highest BCUT2D eigenvalue weighted by molar-refractivity contribution is 4.96. The summed E-state index contributed by atoms with van der Waals surface area (Å²) in [5, 5.41) is 29.2. The minimum atomic E-state index is -0.997. The van der Waals surface area contributed by atoms with Crippen LogP contribution in [0.25, 0.3) is 0 Å². The van der Waals surface area contributed by atoms with Gasteiger partial charge in [-0.05, 0) is 57.3 Å². The molecule has 1 saturated carbocycles. The van der Waals surface area contributed by atoms with Crippen LogP contribution in [-0.4, -0.2) is 70.4 Å². The van der Waals surface area contributed by atoms with Gasteiger partial charge in [-0.25, -0.2) is 0 Å². The summed E-state index contributed by atoms with van der Waals surface area (Å²) in [5.74, 6) is 0.629. The summed E-state index contributed by atoms with van der Waals surface area (Å²) in [4.78, 5) is 2.11. The molecule has 128 valence electrons. The lowest BCUT2D eigenvalue weighted by Crippen LogP contribution is -2.56. The number of hydrogen-bond acceptors (Lipinski definition) is 5. The van der Waals surface area contributed by atoms with Gasteiger partial charge in [-0.2, -0.15) is 0 Å². The number of piperidine rings is 1. The van der Waals surface area contributed by atoms with E-state index in [9.17, 15) is 15.3 Å². The van der Waals surface area contributed by atoms with Gasteiger partial charge in [0, 0.05) is 19.6 Å². The van der Waals surface area contributed by atoms with Gasteiger partial charge < -0.3 is 20.1 Å². The molecule has 1 spiro atoms. The van der Waals surface area contributed by atoms with Gasteiger partial charge in [0.1, 0.15) is 6.10 Å². The lowest BCUT2D eigenvalue weighted by Gasteiger charge is -2.41. The molecule has 1 unspecified atom stereocenters. The van der Waals surface area contributed by atoms with Crippen LogP contribution in [-0.2, 0) is 4.74 Å². The second-order valence-electron chi connectivity index (χ2n) is 8.51. The van der Waals surface area contributed by atoms with Gasteiger partial charge >= 0.3 is 0 Å². The molecule has 22 heavy (non-hydrogen) atoms. The van der Waals surface area contributed by atoms with Crippen molar-refractivity contribution in [2.75, 3.05) is 26.2 Å². The van der Waals surface area contributed by atoms with Gasteiger partial charge in [0.25, 0.3) is 0 Å². The molecular weight excluding hydrogens is 282 g/mol. The maximum absolute atomic E-state index is 9.80. The van der Waals surface area contributed by atoms with Crippen molar-refractivity contribution >= 4 is 0 Å². The van der Waals surface area contributed by atoms with Crippen molar-refractivity contribution in [3.05, 3.63) is 0 Å². The lowest BCUT2D eigenvalue weighted by molar-refractivity contribution is -0.113. The van der Waals surface area contributed by atoms with E-state index in [1.165, 1.54) is 32.1 Å². The molecule has 3 aliphatic rings. The molecule has 2 aliphatic heterocycles. The summed E-state index contributed by atoms with van der Waals surface area (Å²) in [7, 11) is 0. The number of ether oxygens (including phenoxy) is 1. The summed E-state index contributed by atoms with van der Waals surface area (Å²) in [6.07, 6.45) is 3.36. The average molecular weight is 313 g/mol. The number of likely N-dealkylation sites (tertiary alicyclic amines) is 1. The number of aliphatic hydroxyl groups is 3. The van der Waals surface area contributed by atoms with Crippen molar-refractivity contribution in [3.63, 3.8) is 0 Å². The van der Waals surface area contributed by atoms with Crippen LogP contribution in [0.1, 0.15) is 46.0 Å². The second-order valence-corrected chi connectivity index (χ2v) is 8.51. The first-order valence-corrected chi connectivity index (χ1v) is 8.69. The van der Waals surface area contributed by atoms with E-state index < -0.39 is 18.3 Å². The summed E-state index contributed by atoms with van der Waals surface area (Å²) < 4.78 is 5.95. The smallest absolute Gasteiger partial charge is 0.108 e. The molecule has 0 radical (unpaired) electrons. The Morgan fingerprint density at radius 2 is 1.64 bits per heavy atom. The standard InChI is InChI=1S/C17H31NO4/c1-16(2)10-17(11-22-16)5-3-12(4-6-17)7-18-8-13(19)15(21)14(20)9-18/h12-15,19-21H,3-11H2,1-2H3/t12?,13-,14+,15?,17?. The Hall–Kier alpha value is -0.200. The summed E-state index contributed by atoms with van der Waals surface area (Å²) >= 11 is 0. The van der Waals surface area contributed by atoms with Crippen LogP contribution in [0.3, 0.4) is 0 Å². The third kappa shape index (κ3) is 3.49. The van der Waals surface area contributed by atoms with Crippen LogP contribution in [0, 0.1) is 11.3 Å². The summed E-state index contributed by atoms with van der Waals surface area (Å²) in [5.41, 5.74) is 0.418. The zero-order valence-electron chi connectivity index (χ0n) is 13.9. The zero-order valence-corrected chi connectivity index (χ0v) is 13.9. The van der Waals surface area contributed by atoms with Crippen LogP contribution in [0.5, 0.6) is 0 Å². The van der Waals surface area contributed by atoms with E-state index in [0.717, 1.165) is 13.2 Å². The molecule has 3 fully saturated rings. The minimum absolute atomic E-state index is 0.0318. The van der Waals surface area contributed by atoms with E-state index in [2.05, 4.69) is 18.7 Å². The number of β-amino-alcohol motifs (C(OH)–C–C–N with tert-alkyl or cyclic N) is 2. The molecule has 0 bridgehead atoms. The zero-order chi connectivity index (χ0) is 16.0. The van der Waals surface area contributed by atoms with Gasteiger partial charge in [0.15, 0.2) is 0 Å². The van der Waals surface area contributed by atoms with E-state index >= 15 is 0 Å². The number of aliphatic hydroxyl groups excluding tert-OH is 3. The average Bonchev–Trinajstić information content (AvgIpc) is 2.74. The SMILES string of the molecule is CC1(C)CC2(CCC(CN3C[C@@H](O)C(O)[C@@H](O)C3)CC2)CO1. The highest BCUT2D eigenvalue weighted by atomic mass is 16.5. The Labute approximate surface area is 133 Å². The molecule has 5 nitrogen and oxygen atoms in total. The molecule has 0 aromatic heterocycles. The molecule has 0 aromatic carbocycles. The third-order valence-electron chi connectivity index (χ3n) is 5.93. The maximum atomic E-state index is 9.80. The van der Waals surface area contributed by atoms with E-state index in [0.29, 0.717) is 24.4 Å². The normalized spacial score (nSPS) is 46.2. The molecule has 3 atom stereocenters. The third-order valence-corrected chi connectivity index (χ3v) is 5.93. The lowest BCUT2D eigenvalue weighted by atomic mass is 9.68. The van der Waals surface area contributed by atoms with Crippen LogP contribution in [0.15, 0.2) is 0 Å². The van der Waals surface area contributed by atoms with Crippen LogP contribution in [0.2, 0.25) is 0 Å². The van der Waals surface area contributed by atoms with Gasteiger partial charge in [-0.1, -0.05) is 0 Å². The Balaban J connectivity index is 1.48. The van der Waals surface area contributed by atoms with Crippen molar-refractivity contribution < 1.29 is 20.1 Å². The number of rotatable bonds is 2. The quantitative estimate of drug-likeness (QED) is 0.702. The first-order chi connectivity index (χ1) is 10.3. The Bertz CT molecular complexity index is 380. The van der Waals surface area contributed by atoms with Crippen molar-refractivity contribution in [1.82, 2.24) is 4.90 Å². The second kappa shape index (κ2) is 6.02. The van der Waals surface area contributed by atoms with Crippen LogP contribution in [0.4, 0.5) is 0 Å². The van der Waals surface area contributed by atoms with Crippen molar-refractivity contribution in [2.24, 2.45) is 11.3 Å². The molecule has 2 saturated heterocycles. The summed E-state index contributed by atoms with van der Waals surface area (Å²) in [6.45, 7) is 7.14. The van der Waals surface area contributed by atoms with Gasteiger partial charge in [-0.15, -0.1) is 0 Å². The highest BCUT2D eigenvalue weighted by Gasteiger charge is 2.46. The Kier molecular flexibility index (Phi) is 4.56. The molecular formula is C17H31NO4. The topological polar surface area (TPSA) is 73.2 Å². The van der Waals surface area contributed by atoms with E-state index in [4.69, 9.17) is 4.74 Å². The molecule has 1 aliphatic carbocycles. The maximum Gasteiger partial charge on any atom is 0.108 e. The monoisotopic (exact) mass is 313 g/mol. The van der Waals surface area contributed by atoms with Crippen molar-refractivity contribution in [1.29, 1.82) is 0 Å².